The van der Waals surface area contributed by atoms with Crippen molar-refractivity contribution in [3.05, 3.63) is 83.7 Å². The molecular weight excluding hydrogens is 424 g/mol. The van der Waals surface area contributed by atoms with Crippen LogP contribution in [-0.4, -0.2) is 4.93 Å². The number of rotatable bonds is 4. The second-order valence-electron chi connectivity index (χ2n) is 5.42. The maximum atomic E-state index is 14.4. The molecule has 0 aliphatic rings. The van der Waals surface area contributed by atoms with Gasteiger partial charge in [0.25, 0.3) is 0 Å². The summed E-state index contributed by atoms with van der Waals surface area (Å²) in [6.45, 7) is 0. The molecule has 0 amide bonds. The van der Waals surface area contributed by atoms with E-state index < -0.39 is 5.82 Å². The first-order chi connectivity index (χ1) is 11.6. The van der Waals surface area contributed by atoms with Crippen LogP contribution in [0.4, 0.5) is 13.2 Å². The standard InChI is InChI=1S/C20H15F3I/c1-24-12-13-2-8-18(19(22)10-13)15-5-9-17(20(23)11-15)14-3-6-16(21)7-4-14/h2-11H,12H2,1H3/q-1. The average molecular weight is 439 g/mol. The van der Waals surface area contributed by atoms with E-state index in [9.17, 15) is 13.2 Å². The van der Waals surface area contributed by atoms with Gasteiger partial charge in [0.15, 0.2) is 0 Å². The predicted octanol–water partition coefficient (Wildman–Crippen LogP) is 2.66. The molecule has 0 fully saturated rings. The number of benzene rings is 3. The molecule has 24 heavy (non-hydrogen) atoms. The van der Waals surface area contributed by atoms with Crippen molar-refractivity contribution >= 4 is 0 Å². The van der Waals surface area contributed by atoms with Gasteiger partial charge in [0, 0.05) is 0 Å². The Kier molecular flexibility index (Phi) is 5.23. The van der Waals surface area contributed by atoms with Crippen molar-refractivity contribution in [2.24, 2.45) is 0 Å². The fourth-order valence-corrected chi connectivity index (χ4v) is 3.93. The Bertz CT molecular complexity index is 857. The minimum atomic E-state index is -0.456. The van der Waals surface area contributed by atoms with E-state index in [1.165, 1.54) is 36.4 Å². The van der Waals surface area contributed by atoms with Crippen LogP contribution in [0, 0.1) is 17.5 Å². The quantitative estimate of drug-likeness (QED) is 0.434. The third-order valence-corrected chi connectivity index (χ3v) is 5.40. The Morgan fingerprint density at radius 1 is 0.708 bits per heavy atom. The molecule has 0 aliphatic carbocycles. The summed E-state index contributed by atoms with van der Waals surface area (Å²) >= 11 is 0.0591. The normalized spacial score (nSPS) is 11.0. The molecule has 0 atom stereocenters. The molecule has 0 spiro atoms. The van der Waals surface area contributed by atoms with Gasteiger partial charge in [-0.2, -0.15) is 0 Å². The third-order valence-electron chi connectivity index (χ3n) is 3.76. The third kappa shape index (κ3) is 3.64. The first-order valence-electron chi connectivity index (χ1n) is 7.36. The summed E-state index contributed by atoms with van der Waals surface area (Å²) < 4.78 is 42.7. The van der Waals surface area contributed by atoms with Gasteiger partial charge in [0.2, 0.25) is 0 Å². The maximum absolute atomic E-state index is 14.4. The molecule has 0 bridgehead atoms. The van der Waals surface area contributed by atoms with Crippen molar-refractivity contribution in [3.8, 4) is 22.3 Å². The van der Waals surface area contributed by atoms with E-state index in [4.69, 9.17) is 0 Å². The van der Waals surface area contributed by atoms with Gasteiger partial charge in [-0.1, -0.05) is 0 Å². The fourth-order valence-electron chi connectivity index (χ4n) is 2.58. The van der Waals surface area contributed by atoms with Crippen molar-refractivity contribution in [3.63, 3.8) is 0 Å². The number of halogens is 4. The first-order valence-corrected chi connectivity index (χ1v) is 11.0. The van der Waals surface area contributed by atoms with Crippen LogP contribution in [0.3, 0.4) is 0 Å². The summed E-state index contributed by atoms with van der Waals surface area (Å²) in [4.78, 5) is 2.15. The summed E-state index contributed by atoms with van der Waals surface area (Å²) in [6.07, 6.45) is 0. The molecule has 0 N–H and O–H groups in total. The van der Waals surface area contributed by atoms with Gasteiger partial charge in [-0.3, -0.25) is 0 Å². The summed E-state index contributed by atoms with van der Waals surface area (Å²) in [5.74, 6) is -1.16. The van der Waals surface area contributed by atoms with Gasteiger partial charge >= 0.3 is 139 Å². The van der Waals surface area contributed by atoms with Gasteiger partial charge in [-0.25, -0.2) is 4.39 Å². The van der Waals surface area contributed by atoms with Gasteiger partial charge in [0.1, 0.15) is 5.82 Å². The zero-order valence-electron chi connectivity index (χ0n) is 13.0. The summed E-state index contributed by atoms with van der Waals surface area (Å²) in [7, 11) is 0. The molecule has 0 aromatic heterocycles. The number of hydrogen-bond donors (Lipinski definition) is 0. The van der Waals surface area contributed by atoms with Gasteiger partial charge < -0.3 is 0 Å². The van der Waals surface area contributed by atoms with E-state index in [2.05, 4.69) is 4.93 Å². The molecule has 0 saturated heterocycles. The molecule has 0 saturated carbocycles. The van der Waals surface area contributed by atoms with E-state index in [1.807, 2.05) is 6.07 Å². The summed E-state index contributed by atoms with van der Waals surface area (Å²) in [6, 6.07) is 15.4. The van der Waals surface area contributed by atoms with E-state index in [0.717, 1.165) is 9.99 Å². The molecule has 0 aliphatic heterocycles. The zero-order valence-corrected chi connectivity index (χ0v) is 15.1. The Morgan fingerprint density at radius 2 is 1.29 bits per heavy atom. The van der Waals surface area contributed by atoms with Crippen LogP contribution in [0.2, 0.25) is 0 Å². The van der Waals surface area contributed by atoms with Crippen LogP contribution in [-0.2, 0) is 4.43 Å². The van der Waals surface area contributed by atoms with Gasteiger partial charge in [-0.15, -0.1) is 0 Å². The van der Waals surface area contributed by atoms with Crippen molar-refractivity contribution < 1.29 is 34.4 Å². The van der Waals surface area contributed by atoms with E-state index >= 15 is 0 Å². The topological polar surface area (TPSA) is 0 Å². The van der Waals surface area contributed by atoms with Crippen LogP contribution in [0.25, 0.3) is 22.3 Å². The Hall–Kier alpha value is -1.82. The van der Waals surface area contributed by atoms with Crippen LogP contribution in [0.5, 0.6) is 0 Å². The second-order valence-corrected chi connectivity index (χ2v) is 7.70. The van der Waals surface area contributed by atoms with Crippen molar-refractivity contribution in [2.75, 3.05) is 4.93 Å². The van der Waals surface area contributed by atoms with E-state index in [-0.39, 0.29) is 32.8 Å². The first kappa shape index (κ1) is 17.0. The Balaban J connectivity index is 1.96. The average Bonchev–Trinajstić information content (AvgIpc) is 2.56. The monoisotopic (exact) mass is 439 g/mol. The molecule has 0 unspecified atom stereocenters. The number of alkyl halides is 2. The predicted molar refractivity (Wildman–Crippen MR) is 86.8 cm³/mol. The number of hydrogen-bond acceptors (Lipinski definition) is 0. The molecule has 0 heterocycles. The minimum absolute atomic E-state index is 0.0591. The summed E-state index contributed by atoms with van der Waals surface area (Å²) in [5.41, 5.74) is 2.82. The van der Waals surface area contributed by atoms with Gasteiger partial charge in [0.05, 0.1) is 0 Å². The van der Waals surface area contributed by atoms with Crippen molar-refractivity contribution in [2.45, 2.75) is 4.43 Å². The Labute approximate surface area is 149 Å². The molecule has 0 nitrogen and oxygen atoms in total. The second kappa shape index (κ2) is 7.38. The fraction of sp³-hybridized carbons (Fsp3) is 0.100. The van der Waals surface area contributed by atoms with Gasteiger partial charge in [-0.05, 0) is 0 Å². The molecule has 3 aromatic carbocycles. The molecular formula is C20H15F3I-. The zero-order chi connectivity index (χ0) is 17.1. The molecule has 0 radical (unpaired) electrons. The molecule has 3 aromatic rings. The molecule has 3 rings (SSSR count). The summed E-state index contributed by atoms with van der Waals surface area (Å²) in [5, 5.41) is 0. The van der Waals surface area contributed by atoms with E-state index in [0.29, 0.717) is 22.3 Å². The SMILES string of the molecule is C[I-]Cc1ccc(-c2ccc(-c3ccc(F)cc3)c(F)c2)c(F)c1. The van der Waals surface area contributed by atoms with Crippen molar-refractivity contribution in [1.82, 2.24) is 0 Å². The Morgan fingerprint density at radius 3 is 1.92 bits per heavy atom. The van der Waals surface area contributed by atoms with Crippen LogP contribution in [0.1, 0.15) is 5.56 Å². The molecule has 4 heteroatoms. The van der Waals surface area contributed by atoms with Crippen LogP contribution < -0.4 is 21.2 Å². The van der Waals surface area contributed by atoms with Crippen molar-refractivity contribution in [1.29, 1.82) is 0 Å². The van der Waals surface area contributed by atoms with Crippen LogP contribution in [0.15, 0.2) is 60.7 Å². The van der Waals surface area contributed by atoms with E-state index in [1.54, 1.807) is 18.2 Å². The molecule has 124 valence electrons. The van der Waals surface area contributed by atoms with Crippen LogP contribution >= 0.6 is 0 Å².